The van der Waals surface area contributed by atoms with Gasteiger partial charge in [0.25, 0.3) is 0 Å². The van der Waals surface area contributed by atoms with E-state index in [2.05, 4.69) is 72.0 Å². The van der Waals surface area contributed by atoms with E-state index in [0.29, 0.717) is 0 Å². The van der Waals surface area contributed by atoms with Gasteiger partial charge in [-0.1, -0.05) is 6.55 Å². The molecular weight excluding hydrogens is 469 g/mol. The van der Waals surface area contributed by atoms with E-state index in [1.807, 2.05) is 0 Å². The molecule has 0 atom stereocenters. The van der Waals surface area contributed by atoms with E-state index in [9.17, 15) is 0 Å². The molecule has 15 heteroatoms. The third-order valence-electron chi connectivity index (χ3n) is 2.47. The summed E-state index contributed by atoms with van der Waals surface area (Å²) in [6.07, 6.45) is 0. The van der Waals surface area contributed by atoms with Crippen molar-refractivity contribution < 1.29 is 28.8 Å². The van der Waals surface area contributed by atoms with Crippen LogP contribution in [0.1, 0.15) is 0 Å². The Kier molecular flexibility index (Phi) is 13.6. The second-order valence-corrected chi connectivity index (χ2v) is 27.1. The first-order chi connectivity index (χ1) is 11.9. The molecule has 0 aromatic heterocycles. The van der Waals surface area contributed by atoms with Crippen LogP contribution in [-0.2, 0) is 28.8 Å². The van der Waals surface area contributed by atoms with E-state index >= 15 is 0 Å². The Morgan fingerprint density at radius 3 is 1.00 bits per heavy atom. The van der Waals surface area contributed by atoms with Crippen molar-refractivity contribution in [3.05, 3.63) is 0 Å². The molecule has 0 radical (unpaired) electrons. The summed E-state index contributed by atoms with van der Waals surface area (Å²) in [5.41, 5.74) is 0. The first kappa shape index (κ1) is 27.5. The molecule has 0 heterocycles. The highest BCUT2D eigenvalue weighted by molar-refractivity contribution is 6.84. The molecule has 0 amide bonds. The van der Waals surface area contributed by atoms with Crippen LogP contribution in [0.5, 0.6) is 0 Å². The Morgan fingerprint density at radius 1 is 0.500 bits per heavy atom. The summed E-state index contributed by atoms with van der Waals surface area (Å²) in [5.74, 6) is 0. The molecule has 158 valence electrons. The predicted octanol–water partition coefficient (Wildman–Crippen LogP) is 1.02. The normalized spacial score (nSPS) is 14.3. The van der Waals surface area contributed by atoms with Gasteiger partial charge in [-0.15, -0.1) is 0 Å². The van der Waals surface area contributed by atoms with Crippen molar-refractivity contribution in [2.24, 2.45) is 0 Å². The highest BCUT2D eigenvalue weighted by Gasteiger charge is 2.59. The van der Waals surface area contributed by atoms with Gasteiger partial charge in [0.05, 0.1) is 0 Å². The van der Waals surface area contributed by atoms with Crippen LogP contribution < -0.4 is 0 Å². The van der Waals surface area contributed by atoms with E-state index < -0.39 is 73.1 Å². The molecule has 0 bridgehead atoms. The van der Waals surface area contributed by atoms with Gasteiger partial charge in [-0.05, 0) is 65.5 Å². The minimum Gasteiger partial charge on any atom is -0.401 e. The van der Waals surface area contributed by atoms with E-state index in [1.165, 1.54) is 0 Å². The van der Waals surface area contributed by atoms with Crippen LogP contribution >= 0.6 is 0 Å². The second-order valence-electron chi connectivity index (χ2n) is 7.37. The van der Waals surface area contributed by atoms with Crippen molar-refractivity contribution in [1.29, 1.82) is 0 Å². The lowest BCUT2D eigenvalue weighted by atomic mass is 11.9. The van der Waals surface area contributed by atoms with Crippen molar-refractivity contribution in [1.82, 2.24) is 0 Å². The molecular formula is C11H40O7Si8. The SMILES string of the molecule is C[SiH2]O[Si](O[SiH](C)C)(O[SiH](C)C)O[Si](O[SiH](C)C)(O[SiH](C)C)O[SiH](C)C. The molecule has 0 aliphatic rings. The highest BCUT2D eigenvalue weighted by atomic mass is 28.6. The third-order valence-corrected chi connectivity index (χ3v) is 22.2. The zero-order valence-electron chi connectivity index (χ0n) is 18.5. The molecule has 26 heavy (non-hydrogen) atoms. The van der Waals surface area contributed by atoms with Crippen LogP contribution in [0.2, 0.25) is 72.0 Å². The zero-order chi connectivity index (χ0) is 20.5. The molecule has 0 aliphatic heterocycles. The summed E-state index contributed by atoms with van der Waals surface area (Å²) in [5, 5.41) is 0. The first-order valence-electron chi connectivity index (χ1n) is 9.58. The summed E-state index contributed by atoms with van der Waals surface area (Å²) in [6, 6.07) is 0. The number of hydrogen-bond donors (Lipinski definition) is 0. The van der Waals surface area contributed by atoms with Gasteiger partial charge < -0.3 is 28.8 Å². The van der Waals surface area contributed by atoms with Gasteiger partial charge >= 0.3 is 18.1 Å². The molecule has 7 nitrogen and oxygen atoms in total. The fourth-order valence-corrected chi connectivity index (χ4v) is 24.8. The average molecular weight is 509 g/mol. The third kappa shape index (κ3) is 11.5. The zero-order valence-corrected chi connectivity index (χ0v) is 27.6. The summed E-state index contributed by atoms with van der Waals surface area (Å²) >= 11 is 0. The monoisotopic (exact) mass is 508 g/mol. The Hall–Kier alpha value is 1.46. The Balaban J connectivity index is 6.00. The largest absolute Gasteiger partial charge is 0.641 e. The van der Waals surface area contributed by atoms with Gasteiger partial charge in [0.2, 0.25) is 0 Å². The van der Waals surface area contributed by atoms with Crippen molar-refractivity contribution in [3.63, 3.8) is 0 Å². The smallest absolute Gasteiger partial charge is 0.401 e. The topological polar surface area (TPSA) is 64.6 Å². The summed E-state index contributed by atoms with van der Waals surface area (Å²) in [7, 11) is -14.8. The van der Waals surface area contributed by atoms with Crippen molar-refractivity contribution >= 4 is 73.1 Å². The van der Waals surface area contributed by atoms with Crippen LogP contribution in [0.15, 0.2) is 0 Å². The van der Waals surface area contributed by atoms with E-state index in [0.717, 1.165) is 0 Å². The number of hydrogen-bond acceptors (Lipinski definition) is 7. The van der Waals surface area contributed by atoms with Gasteiger partial charge in [-0.25, -0.2) is 0 Å². The van der Waals surface area contributed by atoms with E-state index in [1.54, 1.807) is 0 Å². The minimum atomic E-state index is -3.35. The molecule has 0 aliphatic carbocycles. The van der Waals surface area contributed by atoms with Gasteiger partial charge in [-0.2, -0.15) is 0 Å². The molecule has 0 aromatic rings. The van der Waals surface area contributed by atoms with Crippen LogP contribution in [0.25, 0.3) is 0 Å². The van der Waals surface area contributed by atoms with Crippen LogP contribution in [-0.4, -0.2) is 73.1 Å². The molecule has 0 aromatic carbocycles. The Labute approximate surface area is 173 Å². The van der Waals surface area contributed by atoms with Crippen LogP contribution in [0.3, 0.4) is 0 Å². The summed E-state index contributed by atoms with van der Waals surface area (Å²) in [6.45, 7) is 23.1. The maximum Gasteiger partial charge on any atom is 0.641 e. The summed E-state index contributed by atoms with van der Waals surface area (Å²) in [4.78, 5) is 0. The number of rotatable bonds is 14. The summed E-state index contributed by atoms with van der Waals surface area (Å²) < 4.78 is 44.4. The molecule has 0 spiro atoms. The Morgan fingerprint density at radius 2 is 0.769 bits per heavy atom. The standard InChI is InChI=1S/C11H40O7Si8/c1-19-12-25(13-20(2)3,14-21(4)5)18-26(15-22(6)7,16-23(8)9)17-24(10)11/h20-24H,19H2,1-11H3. The lowest BCUT2D eigenvalue weighted by Crippen LogP contribution is -2.66. The van der Waals surface area contributed by atoms with Crippen molar-refractivity contribution in [2.75, 3.05) is 0 Å². The lowest BCUT2D eigenvalue weighted by molar-refractivity contribution is 0.0776. The fourth-order valence-electron chi connectivity index (χ4n) is 2.10. The van der Waals surface area contributed by atoms with Gasteiger partial charge in [0, 0.05) is 0 Å². The highest BCUT2D eigenvalue weighted by Crippen LogP contribution is 2.25. The van der Waals surface area contributed by atoms with Crippen molar-refractivity contribution in [3.8, 4) is 0 Å². The van der Waals surface area contributed by atoms with Crippen molar-refractivity contribution in [2.45, 2.75) is 72.0 Å². The van der Waals surface area contributed by atoms with Crippen LogP contribution in [0.4, 0.5) is 0 Å². The molecule has 0 saturated heterocycles. The van der Waals surface area contributed by atoms with Gasteiger partial charge in [-0.3, -0.25) is 0 Å². The second kappa shape index (κ2) is 12.9. The van der Waals surface area contributed by atoms with Gasteiger partial charge in [0.1, 0.15) is 0 Å². The maximum absolute atomic E-state index is 6.57. The van der Waals surface area contributed by atoms with E-state index in [4.69, 9.17) is 28.8 Å². The fraction of sp³-hybridized carbons (Fsp3) is 1.00. The lowest BCUT2D eigenvalue weighted by Gasteiger charge is -2.40. The Bertz CT molecular complexity index is 349. The average Bonchev–Trinajstić information content (AvgIpc) is 2.32. The molecule has 0 N–H and O–H groups in total. The first-order valence-corrected chi connectivity index (χ1v) is 28.7. The molecule has 0 fully saturated rings. The van der Waals surface area contributed by atoms with Crippen LogP contribution in [0, 0.1) is 0 Å². The van der Waals surface area contributed by atoms with Gasteiger partial charge in [0.15, 0.2) is 55.0 Å². The molecule has 0 unspecified atom stereocenters. The minimum absolute atomic E-state index is 0.805. The molecule has 0 saturated carbocycles. The maximum atomic E-state index is 6.57. The molecule has 0 rings (SSSR count). The predicted molar refractivity (Wildman–Crippen MR) is 128 cm³/mol. The van der Waals surface area contributed by atoms with E-state index in [-0.39, 0.29) is 0 Å². The quantitative estimate of drug-likeness (QED) is 0.325.